The van der Waals surface area contributed by atoms with Gasteiger partial charge >= 0.3 is 0 Å². The number of rotatable bonds is 7. The van der Waals surface area contributed by atoms with E-state index < -0.39 is 0 Å². The van der Waals surface area contributed by atoms with Crippen LogP contribution >= 0.6 is 0 Å². The Balaban J connectivity index is 1.56. The van der Waals surface area contributed by atoms with Gasteiger partial charge in [-0.3, -0.25) is 0 Å². The molecule has 2 fully saturated rings. The fourth-order valence-corrected chi connectivity index (χ4v) is 3.83. The molecular weight excluding hydrogens is 258 g/mol. The SMILES string of the molecule is CC(C)(CN)CCCCN1CCC(N2CCCCC2)CC1. The summed E-state index contributed by atoms with van der Waals surface area (Å²) >= 11 is 0. The maximum atomic E-state index is 5.80. The number of piperidine rings is 2. The second kappa shape index (κ2) is 8.50. The fraction of sp³-hybridized carbons (Fsp3) is 1.00. The van der Waals surface area contributed by atoms with Gasteiger partial charge in [-0.1, -0.05) is 26.7 Å². The van der Waals surface area contributed by atoms with E-state index in [1.807, 2.05) is 0 Å². The summed E-state index contributed by atoms with van der Waals surface area (Å²) in [5.74, 6) is 0. The fourth-order valence-electron chi connectivity index (χ4n) is 3.83. The summed E-state index contributed by atoms with van der Waals surface area (Å²) in [7, 11) is 0. The van der Waals surface area contributed by atoms with Crippen LogP contribution in [0.4, 0.5) is 0 Å². The zero-order valence-corrected chi connectivity index (χ0v) is 14.4. The van der Waals surface area contributed by atoms with Crippen molar-refractivity contribution in [3.8, 4) is 0 Å². The molecule has 2 rings (SSSR count). The lowest BCUT2D eigenvalue weighted by atomic mass is 9.87. The van der Waals surface area contributed by atoms with Gasteiger partial charge in [0.2, 0.25) is 0 Å². The minimum Gasteiger partial charge on any atom is -0.330 e. The van der Waals surface area contributed by atoms with Crippen LogP contribution in [0.2, 0.25) is 0 Å². The van der Waals surface area contributed by atoms with E-state index in [2.05, 4.69) is 23.6 Å². The maximum absolute atomic E-state index is 5.80. The first-order chi connectivity index (χ1) is 10.1. The van der Waals surface area contributed by atoms with Crippen molar-refractivity contribution in [3.63, 3.8) is 0 Å². The predicted octanol–water partition coefficient (Wildman–Crippen LogP) is 3.09. The monoisotopic (exact) mass is 295 g/mol. The Hall–Kier alpha value is -0.120. The highest BCUT2D eigenvalue weighted by atomic mass is 15.2. The summed E-state index contributed by atoms with van der Waals surface area (Å²) in [5, 5.41) is 0. The lowest BCUT2D eigenvalue weighted by molar-refractivity contribution is 0.0914. The molecule has 0 aliphatic carbocycles. The Kier molecular flexibility index (Phi) is 6.97. The van der Waals surface area contributed by atoms with E-state index >= 15 is 0 Å². The molecule has 0 aromatic carbocycles. The van der Waals surface area contributed by atoms with Gasteiger partial charge < -0.3 is 15.5 Å². The molecule has 21 heavy (non-hydrogen) atoms. The van der Waals surface area contributed by atoms with E-state index in [0.717, 1.165) is 12.6 Å². The zero-order valence-electron chi connectivity index (χ0n) is 14.4. The molecule has 2 aliphatic heterocycles. The molecule has 0 radical (unpaired) electrons. The summed E-state index contributed by atoms with van der Waals surface area (Å²) < 4.78 is 0. The van der Waals surface area contributed by atoms with Crippen molar-refractivity contribution in [1.29, 1.82) is 0 Å². The van der Waals surface area contributed by atoms with Crippen LogP contribution in [0.3, 0.4) is 0 Å². The number of hydrogen-bond acceptors (Lipinski definition) is 3. The molecule has 2 heterocycles. The molecule has 2 N–H and O–H groups in total. The zero-order chi connectivity index (χ0) is 15.1. The van der Waals surface area contributed by atoms with E-state index in [1.165, 1.54) is 84.1 Å². The highest BCUT2D eigenvalue weighted by molar-refractivity contribution is 4.81. The van der Waals surface area contributed by atoms with Gasteiger partial charge in [0.15, 0.2) is 0 Å². The van der Waals surface area contributed by atoms with E-state index in [9.17, 15) is 0 Å². The summed E-state index contributed by atoms with van der Waals surface area (Å²) in [6.45, 7) is 12.1. The van der Waals surface area contributed by atoms with Crippen LogP contribution in [-0.2, 0) is 0 Å². The summed E-state index contributed by atoms with van der Waals surface area (Å²) in [5.41, 5.74) is 6.14. The van der Waals surface area contributed by atoms with Gasteiger partial charge in [-0.05, 0) is 83.2 Å². The van der Waals surface area contributed by atoms with Gasteiger partial charge in [-0.25, -0.2) is 0 Å². The van der Waals surface area contributed by atoms with Gasteiger partial charge in [0.25, 0.3) is 0 Å². The van der Waals surface area contributed by atoms with E-state index in [4.69, 9.17) is 5.73 Å². The number of nitrogens with two attached hydrogens (primary N) is 1. The van der Waals surface area contributed by atoms with Crippen molar-refractivity contribution in [2.75, 3.05) is 39.3 Å². The molecule has 0 aromatic rings. The molecule has 3 nitrogen and oxygen atoms in total. The van der Waals surface area contributed by atoms with Crippen molar-refractivity contribution < 1.29 is 0 Å². The van der Waals surface area contributed by atoms with Gasteiger partial charge in [0.05, 0.1) is 0 Å². The molecule has 0 atom stereocenters. The van der Waals surface area contributed by atoms with Crippen molar-refractivity contribution in [1.82, 2.24) is 9.80 Å². The van der Waals surface area contributed by atoms with Crippen molar-refractivity contribution in [3.05, 3.63) is 0 Å². The molecular formula is C18H37N3. The van der Waals surface area contributed by atoms with Gasteiger partial charge in [0.1, 0.15) is 0 Å². The minimum atomic E-state index is 0.335. The van der Waals surface area contributed by atoms with Crippen molar-refractivity contribution >= 4 is 0 Å². The summed E-state index contributed by atoms with van der Waals surface area (Å²) in [4.78, 5) is 5.46. The molecule has 0 saturated carbocycles. The first-order valence-corrected chi connectivity index (χ1v) is 9.27. The van der Waals surface area contributed by atoms with Crippen LogP contribution in [0.1, 0.15) is 65.2 Å². The van der Waals surface area contributed by atoms with Gasteiger partial charge in [-0.2, -0.15) is 0 Å². The number of hydrogen-bond donors (Lipinski definition) is 1. The van der Waals surface area contributed by atoms with Crippen LogP contribution < -0.4 is 5.73 Å². The molecule has 0 bridgehead atoms. The third kappa shape index (κ3) is 5.88. The van der Waals surface area contributed by atoms with Crippen LogP contribution in [0.5, 0.6) is 0 Å². The highest BCUT2D eigenvalue weighted by Crippen LogP contribution is 2.23. The summed E-state index contributed by atoms with van der Waals surface area (Å²) in [6.07, 6.45) is 11.0. The third-order valence-corrected chi connectivity index (χ3v) is 5.59. The van der Waals surface area contributed by atoms with E-state index in [0.29, 0.717) is 5.41 Å². The highest BCUT2D eigenvalue weighted by Gasteiger charge is 2.25. The number of likely N-dealkylation sites (tertiary alicyclic amines) is 2. The molecule has 0 amide bonds. The molecule has 0 unspecified atom stereocenters. The average Bonchev–Trinajstić information content (AvgIpc) is 2.53. The predicted molar refractivity (Wildman–Crippen MR) is 91.6 cm³/mol. The number of unbranched alkanes of at least 4 members (excludes halogenated alkanes) is 1. The first-order valence-electron chi connectivity index (χ1n) is 9.27. The second-order valence-electron chi connectivity index (χ2n) is 7.99. The van der Waals surface area contributed by atoms with Crippen LogP contribution in [0.25, 0.3) is 0 Å². The Labute approximate surface area is 132 Å². The first kappa shape index (κ1) is 17.2. The van der Waals surface area contributed by atoms with Crippen LogP contribution in [0.15, 0.2) is 0 Å². The molecule has 3 heteroatoms. The Morgan fingerprint density at radius 2 is 1.62 bits per heavy atom. The lowest BCUT2D eigenvalue weighted by Gasteiger charge is -2.40. The minimum absolute atomic E-state index is 0.335. The van der Waals surface area contributed by atoms with Gasteiger partial charge in [0, 0.05) is 6.04 Å². The molecule has 124 valence electrons. The van der Waals surface area contributed by atoms with E-state index in [-0.39, 0.29) is 0 Å². The summed E-state index contributed by atoms with van der Waals surface area (Å²) in [6, 6.07) is 0.887. The van der Waals surface area contributed by atoms with Crippen LogP contribution in [0, 0.1) is 5.41 Å². The second-order valence-corrected chi connectivity index (χ2v) is 7.99. The number of nitrogens with zero attached hydrogens (tertiary/aromatic N) is 2. The van der Waals surface area contributed by atoms with Gasteiger partial charge in [-0.15, -0.1) is 0 Å². The van der Waals surface area contributed by atoms with Crippen molar-refractivity contribution in [2.24, 2.45) is 11.1 Å². The third-order valence-electron chi connectivity index (χ3n) is 5.59. The lowest BCUT2D eigenvalue weighted by Crippen LogP contribution is -2.46. The molecule has 0 aromatic heterocycles. The Morgan fingerprint density at radius 3 is 2.24 bits per heavy atom. The average molecular weight is 296 g/mol. The molecule has 2 aliphatic rings. The van der Waals surface area contributed by atoms with E-state index in [1.54, 1.807) is 0 Å². The van der Waals surface area contributed by atoms with Crippen molar-refractivity contribution in [2.45, 2.75) is 71.3 Å². The Morgan fingerprint density at radius 1 is 0.952 bits per heavy atom. The van der Waals surface area contributed by atoms with Crippen LogP contribution in [-0.4, -0.2) is 55.1 Å². The molecule has 2 saturated heterocycles. The normalized spacial score (nSPS) is 23.6. The standard InChI is InChI=1S/C18H37N3/c1-18(2,16-19)10-4-7-11-20-14-8-17(9-15-20)21-12-5-3-6-13-21/h17H,3-16,19H2,1-2H3. The quantitative estimate of drug-likeness (QED) is 0.733. The molecule has 0 spiro atoms. The largest absolute Gasteiger partial charge is 0.330 e. The smallest absolute Gasteiger partial charge is 0.0120 e. The Bertz CT molecular complexity index is 276. The maximum Gasteiger partial charge on any atom is 0.0120 e. The topological polar surface area (TPSA) is 32.5 Å².